The summed E-state index contributed by atoms with van der Waals surface area (Å²) in [7, 11) is 0. The van der Waals surface area contributed by atoms with Gasteiger partial charge in [0.2, 0.25) is 11.8 Å². The van der Waals surface area contributed by atoms with E-state index in [4.69, 9.17) is 11.6 Å². The molecule has 0 unspecified atom stereocenters. The van der Waals surface area contributed by atoms with Gasteiger partial charge < -0.3 is 9.80 Å². The second-order valence-electron chi connectivity index (χ2n) is 5.04. The number of rotatable bonds is 2. The van der Waals surface area contributed by atoms with Crippen molar-refractivity contribution in [1.29, 1.82) is 0 Å². The molecule has 4 nitrogen and oxygen atoms in total. The van der Waals surface area contributed by atoms with E-state index in [1.807, 2.05) is 17.0 Å². The van der Waals surface area contributed by atoms with Crippen molar-refractivity contribution in [3.8, 4) is 0 Å². The summed E-state index contributed by atoms with van der Waals surface area (Å²) in [4.78, 5) is 27.3. The highest BCUT2D eigenvalue weighted by atomic mass is 35.5. The lowest BCUT2D eigenvalue weighted by Crippen LogP contribution is -2.37. The van der Waals surface area contributed by atoms with Crippen LogP contribution in [0.4, 0.5) is 0 Å². The molecule has 20 heavy (non-hydrogen) atoms. The summed E-state index contributed by atoms with van der Waals surface area (Å²) in [5.41, 5.74) is 0.965. The smallest absolute Gasteiger partial charge is 0.227 e. The predicted molar refractivity (Wildman–Crippen MR) is 78.6 cm³/mol. The Bertz CT molecular complexity index is 487. The predicted octanol–water partition coefficient (Wildman–Crippen LogP) is 1.96. The van der Waals surface area contributed by atoms with Gasteiger partial charge >= 0.3 is 0 Å². The van der Waals surface area contributed by atoms with Crippen LogP contribution in [0.5, 0.6) is 0 Å². The molecular formula is C15H19ClN2O2. The third-order valence-electron chi connectivity index (χ3n) is 3.56. The van der Waals surface area contributed by atoms with E-state index in [0.29, 0.717) is 24.5 Å². The largest absolute Gasteiger partial charge is 0.341 e. The number of carbonyl (C=O) groups excluding carboxylic acids is 2. The molecule has 1 aliphatic rings. The molecule has 1 aromatic rings. The van der Waals surface area contributed by atoms with Gasteiger partial charge in [0.05, 0.1) is 6.42 Å². The summed E-state index contributed by atoms with van der Waals surface area (Å²) in [6, 6.07) is 7.34. The number of hydrogen-bond donors (Lipinski definition) is 0. The fraction of sp³-hybridized carbons (Fsp3) is 0.467. The van der Waals surface area contributed by atoms with Crippen molar-refractivity contribution in [2.45, 2.75) is 19.8 Å². The van der Waals surface area contributed by atoms with Gasteiger partial charge in [-0.15, -0.1) is 0 Å². The van der Waals surface area contributed by atoms with E-state index in [-0.39, 0.29) is 11.8 Å². The van der Waals surface area contributed by atoms with Crippen LogP contribution in [0.3, 0.4) is 0 Å². The molecule has 0 atom stereocenters. The minimum atomic E-state index is 0.0806. The lowest BCUT2D eigenvalue weighted by molar-refractivity contribution is -0.132. The molecule has 1 fully saturated rings. The van der Waals surface area contributed by atoms with Crippen LogP contribution in [-0.4, -0.2) is 47.8 Å². The first-order valence-corrected chi connectivity index (χ1v) is 7.22. The van der Waals surface area contributed by atoms with Crippen LogP contribution in [0.25, 0.3) is 0 Å². The van der Waals surface area contributed by atoms with Crippen LogP contribution in [0.15, 0.2) is 24.3 Å². The van der Waals surface area contributed by atoms with E-state index < -0.39 is 0 Å². The van der Waals surface area contributed by atoms with Gasteiger partial charge in [-0.3, -0.25) is 9.59 Å². The van der Waals surface area contributed by atoms with E-state index in [0.717, 1.165) is 25.1 Å². The Balaban J connectivity index is 1.92. The minimum Gasteiger partial charge on any atom is -0.341 e. The Morgan fingerprint density at radius 1 is 1.05 bits per heavy atom. The zero-order valence-corrected chi connectivity index (χ0v) is 12.4. The fourth-order valence-electron chi connectivity index (χ4n) is 2.37. The fourth-order valence-corrected chi connectivity index (χ4v) is 2.50. The van der Waals surface area contributed by atoms with Gasteiger partial charge in [0, 0.05) is 38.1 Å². The number of hydrogen-bond acceptors (Lipinski definition) is 2. The zero-order valence-electron chi connectivity index (χ0n) is 11.6. The van der Waals surface area contributed by atoms with Gasteiger partial charge in [-0.05, 0) is 24.1 Å². The van der Waals surface area contributed by atoms with Gasteiger partial charge in [-0.2, -0.15) is 0 Å². The molecular weight excluding hydrogens is 276 g/mol. The van der Waals surface area contributed by atoms with Crippen LogP contribution in [-0.2, 0) is 16.0 Å². The quantitative estimate of drug-likeness (QED) is 0.837. The highest BCUT2D eigenvalue weighted by molar-refractivity contribution is 6.30. The molecule has 5 heteroatoms. The average Bonchev–Trinajstić information content (AvgIpc) is 2.67. The van der Waals surface area contributed by atoms with E-state index in [1.165, 1.54) is 0 Å². The molecule has 0 saturated carbocycles. The van der Waals surface area contributed by atoms with Crippen LogP contribution in [0.1, 0.15) is 18.9 Å². The zero-order chi connectivity index (χ0) is 14.5. The minimum absolute atomic E-state index is 0.0806. The van der Waals surface area contributed by atoms with Crippen LogP contribution < -0.4 is 0 Å². The van der Waals surface area contributed by atoms with E-state index >= 15 is 0 Å². The number of amides is 2. The van der Waals surface area contributed by atoms with E-state index in [2.05, 4.69) is 0 Å². The molecule has 0 aliphatic carbocycles. The maximum atomic E-state index is 12.3. The first kappa shape index (κ1) is 14.9. The molecule has 108 valence electrons. The van der Waals surface area contributed by atoms with Crippen molar-refractivity contribution in [1.82, 2.24) is 9.80 Å². The van der Waals surface area contributed by atoms with Crippen molar-refractivity contribution in [3.05, 3.63) is 34.9 Å². The standard InChI is InChI=1S/C15H19ClN2O2/c1-12(19)17-7-2-8-18(10-9-17)15(20)11-13-3-5-14(16)6-4-13/h3-6H,2,7-11H2,1H3. The second kappa shape index (κ2) is 6.75. The molecule has 0 N–H and O–H groups in total. The normalized spacial score (nSPS) is 15.9. The topological polar surface area (TPSA) is 40.6 Å². The lowest BCUT2D eigenvalue weighted by Gasteiger charge is -2.21. The maximum Gasteiger partial charge on any atom is 0.227 e. The summed E-state index contributed by atoms with van der Waals surface area (Å²) in [6.45, 7) is 4.27. The van der Waals surface area contributed by atoms with Gasteiger partial charge in [0.25, 0.3) is 0 Å². The van der Waals surface area contributed by atoms with E-state index in [1.54, 1.807) is 24.0 Å². The third-order valence-corrected chi connectivity index (χ3v) is 3.81. The summed E-state index contributed by atoms with van der Waals surface area (Å²) in [5, 5.41) is 0.674. The van der Waals surface area contributed by atoms with Crippen molar-refractivity contribution in [2.75, 3.05) is 26.2 Å². The summed E-state index contributed by atoms with van der Waals surface area (Å²) in [6.07, 6.45) is 1.23. The third kappa shape index (κ3) is 3.97. The monoisotopic (exact) mass is 294 g/mol. The van der Waals surface area contributed by atoms with Gasteiger partial charge in [0.1, 0.15) is 0 Å². The second-order valence-corrected chi connectivity index (χ2v) is 5.48. The van der Waals surface area contributed by atoms with Crippen LogP contribution >= 0.6 is 11.6 Å². The summed E-state index contributed by atoms with van der Waals surface area (Å²) in [5.74, 6) is 0.190. The molecule has 2 amide bonds. The van der Waals surface area contributed by atoms with E-state index in [9.17, 15) is 9.59 Å². The molecule has 1 aromatic carbocycles. The molecule has 1 saturated heterocycles. The van der Waals surface area contributed by atoms with Crippen molar-refractivity contribution < 1.29 is 9.59 Å². The number of halogens is 1. The van der Waals surface area contributed by atoms with Crippen molar-refractivity contribution in [3.63, 3.8) is 0 Å². The molecule has 1 aliphatic heterocycles. The Labute approximate surface area is 124 Å². The molecule has 0 radical (unpaired) electrons. The van der Waals surface area contributed by atoms with Crippen molar-refractivity contribution >= 4 is 23.4 Å². The SMILES string of the molecule is CC(=O)N1CCCN(C(=O)Cc2ccc(Cl)cc2)CC1. The molecule has 1 heterocycles. The number of nitrogens with zero attached hydrogens (tertiary/aromatic N) is 2. The van der Waals surface area contributed by atoms with Crippen LogP contribution in [0, 0.1) is 0 Å². The van der Waals surface area contributed by atoms with Gasteiger partial charge in [0.15, 0.2) is 0 Å². The molecule has 0 aromatic heterocycles. The lowest BCUT2D eigenvalue weighted by atomic mass is 10.1. The first-order valence-electron chi connectivity index (χ1n) is 6.84. The van der Waals surface area contributed by atoms with Crippen LogP contribution in [0.2, 0.25) is 5.02 Å². The number of carbonyl (C=O) groups is 2. The summed E-state index contributed by atoms with van der Waals surface area (Å²) < 4.78 is 0. The van der Waals surface area contributed by atoms with Gasteiger partial charge in [-0.25, -0.2) is 0 Å². The molecule has 0 spiro atoms. The summed E-state index contributed by atoms with van der Waals surface area (Å²) >= 11 is 5.83. The maximum absolute atomic E-state index is 12.3. The van der Waals surface area contributed by atoms with Crippen molar-refractivity contribution in [2.24, 2.45) is 0 Å². The Morgan fingerprint density at radius 2 is 1.65 bits per heavy atom. The average molecular weight is 295 g/mol. The van der Waals surface area contributed by atoms with Gasteiger partial charge in [-0.1, -0.05) is 23.7 Å². The molecule has 2 rings (SSSR count). The number of benzene rings is 1. The Kier molecular flexibility index (Phi) is 5.01. The molecule has 0 bridgehead atoms. The highest BCUT2D eigenvalue weighted by Crippen LogP contribution is 2.12. The highest BCUT2D eigenvalue weighted by Gasteiger charge is 2.20. The Hall–Kier alpha value is -1.55. The first-order chi connectivity index (χ1) is 9.56. The Morgan fingerprint density at radius 3 is 2.30 bits per heavy atom.